The van der Waals surface area contributed by atoms with Crippen molar-refractivity contribution in [1.82, 2.24) is 30.4 Å². The summed E-state index contributed by atoms with van der Waals surface area (Å²) in [5.41, 5.74) is 4.87. The lowest BCUT2D eigenvalue weighted by atomic mass is 10.1. The predicted octanol–water partition coefficient (Wildman–Crippen LogP) is 1.46. The zero-order valence-corrected chi connectivity index (χ0v) is 19.8. The molecule has 178 valence electrons. The van der Waals surface area contributed by atoms with Crippen LogP contribution in [0.5, 0.6) is 0 Å². The van der Waals surface area contributed by atoms with Crippen molar-refractivity contribution in [2.75, 3.05) is 49.5 Å². The lowest BCUT2D eigenvalue weighted by molar-refractivity contribution is -0.125. The number of aromatic nitrogens is 4. The van der Waals surface area contributed by atoms with Gasteiger partial charge in [0, 0.05) is 31.9 Å². The molecule has 0 unspecified atom stereocenters. The number of carbonyl (C=O) groups is 2. The summed E-state index contributed by atoms with van der Waals surface area (Å²) in [5, 5.41) is 17.8. The Bertz CT molecular complexity index is 1130. The van der Waals surface area contributed by atoms with Crippen molar-refractivity contribution in [3.63, 3.8) is 0 Å². The molecule has 0 spiro atoms. The van der Waals surface area contributed by atoms with Gasteiger partial charge in [-0.2, -0.15) is 4.68 Å². The topological polar surface area (TPSA) is 108 Å². The summed E-state index contributed by atoms with van der Waals surface area (Å²) in [6.07, 6.45) is 0. The highest BCUT2D eigenvalue weighted by Gasteiger charge is 2.23. The van der Waals surface area contributed by atoms with Crippen LogP contribution in [0.15, 0.2) is 42.5 Å². The monoisotopic (exact) mass is 462 g/mol. The lowest BCUT2D eigenvalue weighted by Gasteiger charge is -2.34. The molecule has 4 rings (SSSR count). The number of tetrazole rings is 1. The highest BCUT2D eigenvalue weighted by atomic mass is 16.2. The Morgan fingerprint density at radius 2 is 1.62 bits per heavy atom. The van der Waals surface area contributed by atoms with Crippen LogP contribution in [0.1, 0.15) is 16.7 Å². The number of rotatable bonds is 7. The van der Waals surface area contributed by atoms with Crippen LogP contribution >= 0.6 is 0 Å². The highest BCUT2D eigenvalue weighted by molar-refractivity contribution is 5.96. The molecule has 2 amide bonds. The maximum absolute atomic E-state index is 12.4. The number of nitrogens with one attached hydrogen (secondary N) is 2. The number of amides is 2. The summed E-state index contributed by atoms with van der Waals surface area (Å²) in [6.45, 7) is 8.94. The third-order valence-corrected chi connectivity index (χ3v) is 5.86. The molecule has 10 heteroatoms. The third-order valence-electron chi connectivity index (χ3n) is 5.86. The number of nitrogens with zero attached hydrogens (tertiary/aromatic N) is 6. The molecular formula is C24H30N8O2. The Kier molecular flexibility index (Phi) is 7.17. The number of hydrogen-bond acceptors (Lipinski definition) is 7. The van der Waals surface area contributed by atoms with E-state index in [1.807, 2.05) is 63.2 Å². The SMILES string of the molecule is Cc1cc(C)c(NC(=O)CNC(=O)CN2CCN(c3nnnn3-c3ccccc3)CC2)c(C)c1. The first-order chi connectivity index (χ1) is 16.4. The molecule has 1 aliphatic heterocycles. The fourth-order valence-electron chi connectivity index (χ4n) is 4.22. The van der Waals surface area contributed by atoms with E-state index < -0.39 is 0 Å². The van der Waals surface area contributed by atoms with Gasteiger partial charge >= 0.3 is 0 Å². The number of aryl methyl sites for hydroxylation is 3. The maximum atomic E-state index is 12.4. The molecule has 0 atom stereocenters. The largest absolute Gasteiger partial charge is 0.346 e. The fourth-order valence-corrected chi connectivity index (χ4v) is 4.22. The predicted molar refractivity (Wildman–Crippen MR) is 130 cm³/mol. The van der Waals surface area contributed by atoms with Crippen LogP contribution in [0, 0.1) is 20.8 Å². The molecule has 0 saturated carbocycles. The zero-order valence-electron chi connectivity index (χ0n) is 19.8. The van der Waals surface area contributed by atoms with Crippen LogP contribution < -0.4 is 15.5 Å². The maximum Gasteiger partial charge on any atom is 0.250 e. The van der Waals surface area contributed by atoms with Crippen molar-refractivity contribution in [2.45, 2.75) is 20.8 Å². The molecule has 2 N–H and O–H groups in total. The molecule has 1 aromatic heterocycles. The van der Waals surface area contributed by atoms with Gasteiger partial charge in [-0.15, -0.1) is 0 Å². The molecule has 0 aliphatic carbocycles. The van der Waals surface area contributed by atoms with E-state index in [0.29, 0.717) is 32.1 Å². The normalized spacial score (nSPS) is 14.1. The van der Waals surface area contributed by atoms with Crippen molar-refractivity contribution in [3.8, 4) is 5.69 Å². The van der Waals surface area contributed by atoms with Gasteiger partial charge < -0.3 is 15.5 Å². The van der Waals surface area contributed by atoms with Crippen LogP contribution in [0.25, 0.3) is 5.69 Å². The fraction of sp³-hybridized carbons (Fsp3) is 0.375. The van der Waals surface area contributed by atoms with E-state index in [0.717, 1.165) is 28.1 Å². The zero-order chi connectivity index (χ0) is 24.1. The second-order valence-electron chi connectivity index (χ2n) is 8.59. The quantitative estimate of drug-likeness (QED) is 0.547. The van der Waals surface area contributed by atoms with Crippen LogP contribution in [-0.4, -0.2) is 76.2 Å². The molecule has 34 heavy (non-hydrogen) atoms. The van der Waals surface area contributed by atoms with Crippen LogP contribution in [0.3, 0.4) is 0 Å². The minimum Gasteiger partial charge on any atom is -0.346 e. The van der Waals surface area contributed by atoms with E-state index in [2.05, 4.69) is 36.0 Å². The minimum absolute atomic E-state index is 0.0581. The van der Waals surface area contributed by atoms with Crippen molar-refractivity contribution in [3.05, 3.63) is 59.2 Å². The standard InChI is InChI=1S/C24H30N8O2/c1-17-13-18(2)23(19(3)14-17)26-21(33)15-25-22(34)16-30-9-11-31(12-10-30)24-27-28-29-32(24)20-7-5-4-6-8-20/h4-8,13-14H,9-12,15-16H2,1-3H3,(H,25,34)(H,26,33). The summed E-state index contributed by atoms with van der Waals surface area (Å²) in [5.74, 6) is 0.282. The van der Waals surface area contributed by atoms with Gasteiger partial charge in [-0.25, -0.2) is 0 Å². The molecule has 3 aromatic rings. The molecule has 0 bridgehead atoms. The summed E-state index contributed by atoms with van der Waals surface area (Å²) in [6, 6.07) is 13.8. The van der Waals surface area contributed by atoms with Crippen molar-refractivity contribution < 1.29 is 9.59 Å². The van der Waals surface area contributed by atoms with Gasteiger partial charge in [0.05, 0.1) is 18.8 Å². The minimum atomic E-state index is -0.235. The molecular weight excluding hydrogens is 432 g/mol. The molecule has 1 saturated heterocycles. The molecule has 10 nitrogen and oxygen atoms in total. The van der Waals surface area contributed by atoms with Crippen LogP contribution in [0.2, 0.25) is 0 Å². The van der Waals surface area contributed by atoms with Gasteiger partial charge in [0.2, 0.25) is 17.8 Å². The van der Waals surface area contributed by atoms with Gasteiger partial charge in [-0.3, -0.25) is 14.5 Å². The van der Waals surface area contributed by atoms with Crippen LogP contribution in [-0.2, 0) is 9.59 Å². The van der Waals surface area contributed by atoms with Gasteiger partial charge in [0.25, 0.3) is 0 Å². The smallest absolute Gasteiger partial charge is 0.250 e. The Labute approximate surface area is 198 Å². The second kappa shape index (κ2) is 10.4. The lowest BCUT2D eigenvalue weighted by Crippen LogP contribution is -2.50. The first-order valence-corrected chi connectivity index (χ1v) is 11.4. The van der Waals surface area contributed by atoms with E-state index in [4.69, 9.17) is 0 Å². The number of carbonyl (C=O) groups excluding carboxylic acids is 2. The Morgan fingerprint density at radius 3 is 2.29 bits per heavy atom. The average Bonchev–Trinajstić information content (AvgIpc) is 3.31. The summed E-state index contributed by atoms with van der Waals surface area (Å²) >= 11 is 0. The third kappa shape index (κ3) is 5.57. The molecule has 2 aromatic carbocycles. The summed E-state index contributed by atoms with van der Waals surface area (Å²) in [7, 11) is 0. The average molecular weight is 463 g/mol. The van der Waals surface area contributed by atoms with E-state index >= 15 is 0 Å². The van der Waals surface area contributed by atoms with Gasteiger partial charge in [-0.05, 0) is 54.5 Å². The highest BCUT2D eigenvalue weighted by Crippen LogP contribution is 2.21. The summed E-state index contributed by atoms with van der Waals surface area (Å²) in [4.78, 5) is 28.9. The summed E-state index contributed by atoms with van der Waals surface area (Å²) < 4.78 is 1.72. The molecule has 1 aliphatic rings. The Hall–Kier alpha value is -3.79. The number of benzene rings is 2. The second-order valence-corrected chi connectivity index (χ2v) is 8.59. The first kappa shape index (κ1) is 23.4. The molecule has 2 heterocycles. The Balaban J connectivity index is 1.23. The molecule has 0 radical (unpaired) electrons. The van der Waals surface area contributed by atoms with Crippen molar-refractivity contribution in [1.29, 1.82) is 0 Å². The van der Waals surface area contributed by atoms with E-state index in [9.17, 15) is 9.59 Å². The van der Waals surface area contributed by atoms with Gasteiger partial charge in [0.15, 0.2) is 0 Å². The molecule has 1 fully saturated rings. The van der Waals surface area contributed by atoms with E-state index in [-0.39, 0.29) is 24.9 Å². The van der Waals surface area contributed by atoms with Crippen LogP contribution in [0.4, 0.5) is 11.6 Å². The number of para-hydroxylation sites is 1. The van der Waals surface area contributed by atoms with Crippen molar-refractivity contribution >= 4 is 23.5 Å². The van der Waals surface area contributed by atoms with E-state index in [1.165, 1.54) is 0 Å². The van der Waals surface area contributed by atoms with E-state index in [1.54, 1.807) is 4.68 Å². The Morgan fingerprint density at radius 1 is 0.941 bits per heavy atom. The number of hydrogen-bond donors (Lipinski definition) is 2. The number of anilines is 2. The van der Waals surface area contributed by atoms with Crippen molar-refractivity contribution in [2.24, 2.45) is 0 Å². The first-order valence-electron chi connectivity index (χ1n) is 11.4. The number of piperazine rings is 1. The van der Waals surface area contributed by atoms with Gasteiger partial charge in [0.1, 0.15) is 0 Å². The van der Waals surface area contributed by atoms with Gasteiger partial charge in [-0.1, -0.05) is 41.0 Å².